The van der Waals surface area contributed by atoms with Crippen LogP contribution < -0.4 is 0 Å². The van der Waals surface area contributed by atoms with Gasteiger partial charge in [0.05, 0.1) is 25.3 Å². The lowest BCUT2D eigenvalue weighted by atomic mass is 10.0. The third-order valence-corrected chi connectivity index (χ3v) is 5.41. The monoisotopic (exact) mass is 339 g/mol. The van der Waals surface area contributed by atoms with E-state index in [1.165, 1.54) is 12.8 Å². The summed E-state index contributed by atoms with van der Waals surface area (Å²) in [7, 11) is 0. The molecule has 1 aliphatic heterocycles. The van der Waals surface area contributed by atoms with Crippen molar-refractivity contribution in [2.24, 2.45) is 5.92 Å². The normalized spacial score (nSPS) is 22.0. The Morgan fingerprint density at radius 1 is 1.28 bits per heavy atom. The van der Waals surface area contributed by atoms with E-state index < -0.39 is 0 Å². The number of carbonyl (C=O) groups excluding carboxylic acids is 1. The third-order valence-electron chi connectivity index (χ3n) is 5.41. The molecule has 1 aromatic carbocycles. The predicted molar refractivity (Wildman–Crippen MR) is 95.4 cm³/mol. The maximum atomic E-state index is 13.2. The van der Waals surface area contributed by atoms with Crippen LogP contribution in [0.5, 0.6) is 0 Å². The number of morpholine rings is 1. The van der Waals surface area contributed by atoms with Crippen molar-refractivity contribution >= 4 is 5.91 Å². The largest absolute Gasteiger partial charge is 0.377 e. The number of ether oxygens (including phenoxy) is 1. The van der Waals surface area contributed by atoms with Crippen LogP contribution in [0.15, 0.2) is 36.4 Å². The van der Waals surface area contributed by atoms with E-state index in [1.54, 1.807) is 0 Å². The fourth-order valence-electron chi connectivity index (χ4n) is 3.73. The molecule has 132 valence electrons. The summed E-state index contributed by atoms with van der Waals surface area (Å²) in [5.41, 5.74) is 2.72. The molecule has 25 heavy (non-hydrogen) atoms. The SMILES string of the molecule is Cc1cc(C(=O)N2CCOC[C@H]2c2ccccc2)nn1[C@@H](C)C1CC1. The lowest BCUT2D eigenvalue weighted by molar-refractivity contribution is -0.00306. The molecule has 1 saturated carbocycles. The molecule has 5 nitrogen and oxygen atoms in total. The summed E-state index contributed by atoms with van der Waals surface area (Å²) in [5, 5.41) is 4.66. The molecular weight excluding hydrogens is 314 g/mol. The zero-order chi connectivity index (χ0) is 17.4. The second kappa shape index (κ2) is 6.64. The molecule has 4 rings (SSSR count). The van der Waals surface area contributed by atoms with Gasteiger partial charge in [-0.3, -0.25) is 9.48 Å². The quantitative estimate of drug-likeness (QED) is 0.858. The molecule has 0 radical (unpaired) electrons. The van der Waals surface area contributed by atoms with Crippen LogP contribution in [0.3, 0.4) is 0 Å². The van der Waals surface area contributed by atoms with Gasteiger partial charge in [0, 0.05) is 12.2 Å². The van der Waals surface area contributed by atoms with E-state index in [-0.39, 0.29) is 11.9 Å². The van der Waals surface area contributed by atoms with Gasteiger partial charge in [0.15, 0.2) is 5.69 Å². The molecule has 2 heterocycles. The van der Waals surface area contributed by atoms with Gasteiger partial charge in [0.1, 0.15) is 0 Å². The standard InChI is InChI=1S/C20H25N3O2/c1-14-12-18(21-23(14)15(2)16-8-9-16)20(24)22-10-11-25-13-19(22)17-6-4-3-5-7-17/h3-7,12,15-16,19H,8-11,13H2,1-2H3/t15-,19-/m0/s1. The Kier molecular flexibility index (Phi) is 4.34. The molecule has 2 aromatic rings. The van der Waals surface area contributed by atoms with Gasteiger partial charge in [0.2, 0.25) is 0 Å². The average molecular weight is 339 g/mol. The first-order chi connectivity index (χ1) is 12.1. The minimum atomic E-state index is -0.0474. The predicted octanol–water partition coefficient (Wildman–Crippen LogP) is 3.38. The van der Waals surface area contributed by atoms with Gasteiger partial charge in [-0.15, -0.1) is 0 Å². The van der Waals surface area contributed by atoms with Crippen molar-refractivity contribution in [2.45, 2.75) is 38.8 Å². The van der Waals surface area contributed by atoms with Gasteiger partial charge < -0.3 is 9.64 Å². The van der Waals surface area contributed by atoms with Crippen LogP contribution in [-0.4, -0.2) is 40.3 Å². The van der Waals surface area contributed by atoms with E-state index >= 15 is 0 Å². The molecule has 2 atom stereocenters. The molecule has 2 fully saturated rings. The molecule has 0 spiro atoms. The first-order valence-electron chi connectivity index (χ1n) is 9.15. The van der Waals surface area contributed by atoms with Gasteiger partial charge in [0.25, 0.3) is 5.91 Å². The molecule has 2 aliphatic rings. The van der Waals surface area contributed by atoms with Gasteiger partial charge in [-0.2, -0.15) is 5.10 Å². The lowest BCUT2D eigenvalue weighted by Crippen LogP contribution is -2.43. The zero-order valence-electron chi connectivity index (χ0n) is 14.9. The number of aryl methyl sites for hydroxylation is 1. The molecule has 0 bridgehead atoms. The average Bonchev–Trinajstić information content (AvgIpc) is 3.43. The van der Waals surface area contributed by atoms with Crippen molar-refractivity contribution in [2.75, 3.05) is 19.8 Å². The number of rotatable bonds is 4. The summed E-state index contributed by atoms with van der Waals surface area (Å²) in [5.74, 6) is 0.712. The van der Waals surface area contributed by atoms with Crippen LogP contribution in [-0.2, 0) is 4.74 Å². The fraction of sp³-hybridized carbons (Fsp3) is 0.500. The molecule has 1 saturated heterocycles. The Balaban J connectivity index is 1.59. The topological polar surface area (TPSA) is 47.4 Å². The first-order valence-corrected chi connectivity index (χ1v) is 9.15. The van der Waals surface area contributed by atoms with Crippen LogP contribution in [0.2, 0.25) is 0 Å². The van der Waals surface area contributed by atoms with E-state index in [0.29, 0.717) is 37.4 Å². The second-order valence-electron chi connectivity index (χ2n) is 7.19. The number of nitrogens with zero attached hydrogens (tertiary/aromatic N) is 3. The summed E-state index contributed by atoms with van der Waals surface area (Å²) in [6, 6.07) is 12.4. The highest BCUT2D eigenvalue weighted by molar-refractivity contribution is 5.92. The summed E-state index contributed by atoms with van der Waals surface area (Å²) in [6.07, 6.45) is 2.53. The van der Waals surface area contributed by atoms with Crippen LogP contribution in [0.1, 0.15) is 53.6 Å². The van der Waals surface area contributed by atoms with Crippen LogP contribution >= 0.6 is 0 Å². The smallest absolute Gasteiger partial charge is 0.275 e. The highest BCUT2D eigenvalue weighted by atomic mass is 16.5. The lowest BCUT2D eigenvalue weighted by Gasteiger charge is -2.35. The molecule has 1 amide bonds. The Bertz CT molecular complexity index is 752. The van der Waals surface area contributed by atoms with E-state index in [9.17, 15) is 4.79 Å². The Morgan fingerprint density at radius 3 is 2.76 bits per heavy atom. The molecule has 5 heteroatoms. The Morgan fingerprint density at radius 2 is 2.04 bits per heavy atom. The van der Waals surface area contributed by atoms with Crippen molar-refractivity contribution in [1.82, 2.24) is 14.7 Å². The second-order valence-corrected chi connectivity index (χ2v) is 7.19. The maximum absolute atomic E-state index is 13.2. The minimum absolute atomic E-state index is 0.00185. The number of aromatic nitrogens is 2. The van der Waals surface area contributed by atoms with Crippen molar-refractivity contribution in [3.63, 3.8) is 0 Å². The summed E-state index contributed by atoms with van der Waals surface area (Å²) < 4.78 is 7.67. The maximum Gasteiger partial charge on any atom is 0.275 e. The van der Waals surface area contributed by atoms with E-state index in [4.69, 9.17) is 4.74 Å². The number of hydrogen-bond donors (Lipinski definition) is 0. The number of benzene rings is 1. The zero-order valence-corrected chi connectivity index (χ0v) is 14.9. The summed E-state index contributed by atoms with van der Waals surface area (Å²) in [4.78, 5) is 15.1. The molecular formula is C20H25N3O2. The van der Waals surface area contributed by atoms with Crippen molar-refractivity contribution in [3.05, 3.63) is 53.3 Å². The summed E-state index contributed by atoms with van der Waals surface area (Å²) >= 11 is 0. The fourth-order valence-corrected chi connectivity index (χ4v) is 3.73. The van der Waals surface area contributed by atoms with Crippen LogP contribution in [0.4, 0.5) is 0 Å². The van der Waals surface area contributed by atoms with E-state index in [1.807, 2.05) is 40.8 Å². The van der Waals surface area contributed by atoms with Gasteiger partial charge in [-0.1, -0.05) is 30.3 Å². The number of hydrogen-bond acceptors (Lipinski definition) is 3. The Hall–Kier alpha value is -2.14. The van der Waals surface area contributed by atoms with Gasteiger partial charge in [-0.25, -0.2) is 0 Å². The molecule has 1 aliphatic carbocycles. The van der Waals surface area contributed by atoms with Crippen LogP contribution in [0, 0.1) is 12.8 Å². The first kappa shape index (κ1) is 16.3. The highest BCUT2D eigenvalue weighted by Crippen LogP contribution is 2.39. The number of carbonyl (C=O) groups is 1. The minimum Gasteiger partial charge on any atom is -0.377 e. The summed E-state index contributed by atoms with van der Waals surface area (Å²) in [6.45, 7) is 5.95. The van der Waals surface area contributed by atoms with E-state index in [0.717, 1.165) is 11.3 Å². The molecule has 0 N–H and O–H groups in total. The van der Waals surface area contributed by atoms with E-state index in [2.05, 4.69) is 24.2 Å². The van der Waals surface area contributed by atoms with Crippen molar-refractivity contribution in [3.8, 4) is 0 Å². The highest BCUT2D eigenvalue weighted by Gasteiger charge is 2.33. The molecule has 0 unspecified atom stereocenters. The third kappa shape index (κ3) is 3.21. The Labute approximate surface area is 148 Å². The molecule has 1 aromatic heterocycles. The van der Waals surface area contributed by atoms with Gasteiger partial charge >= 0.3 is 0 Å². The van der Waals surface area contributed by atoms with Crippen LogP contribution in [0.25, 0.3) is 0 Å². The van der Waals surface area contributed by atoms with Crippen molar-refractivity contribution in [1.29, 1.82) is 0 Å². The van der Waals surface area contributed by atoms with Gasteiger partial charge in [-0.05, 0) is 44.2 Å². The number of amides is 1. The van der Waals surface area contributed by atoms with Crippen molar-refractivity contribution < 1.29 is 9.53 Å².